The molecule has 1 saturated heterocycles. The minimum absolute atomic E-state index is 0.328. The molecule has 1 aromatic rings. The normalized spacial score (nSPS) is 20.9. The van der Waals surface area contributed by atoms with Crippen LogP contribution < -0.4 is 10.1 Å². The van der Waals surface area contributed by atoms with E-state index in [1.807, 2.05) is 0 Å². The molecule has 1 aromatic carbocycles. The molecule has 1 saturated carbocycles. The molecule has 3 rings (SSSR count). The molecule has 3 heteroatoms. The van der Waals surface area contributed by atoms with Gasteiger partial charge in [-0.1, -0.05) is 12.1 Å². The molecule has 0 unspecified atom stereocenters. The van der Waals surface area contributed by atoms with Gasteiger partial charge in [-0.2, -0.15) is 0 Å². The van der Waals surface area contributed by atoms with E-state index in [0.29, 0.717) is 6.10 Å². The van der Waals surface area contributed by atoms with E-state index in [4.69, 9.17) is 9.47 Å². The molecule has 1 aliphatic heterocycles. The Labute approximate surface area is 108 Å². The zero-order valence-electron chi connectivity index (χ0n) is 10.7. The summed E-state index contributed by atoms with van der Waals surface area (Å²) in [5.74, 6) is 0.983. The van der Waals surface area contributed by atoms with E-state index in [9.17, 15) is 0 Å². The summed E-state index contributed by atoms with van der Waals surface area (Å²) in [6.45, 7) is 2.63. The first-order valence-electron chi connectivity index (χ1n) is 6.97. The van der Waals surface area contributed by atoms with E-state index in [-0.39, 0.29) is 0 Å². The Morgan fingerprint density at radius 3 is 2.44 bits per heavy atom. The zero-order chi connectivity index (χ0) is 12.2. The van der Waals surface area contributed by atoms with Crippen molar-refractivity contribution >= 4 is 0 Å². The van der Waals surface area contributed by atoms with Gasteiger partial charge in [-0.3, -0.25) is 0 Å². The SMILES string of the molecule is c1cc(OC2CCOCC2)ccc1CNC1CC1. The topological polar surface area (TPSA) is 30.5 Å². The maximum absolute atomic E-state index is 5.95. The van der Waals surface area contributed by atoms with Crippen molar-refractivity contribution < 1.29 is 9.47 Å². The number of hydrogen-bond donors (Lipinski definition) is 1. The maximum atomic E-state index is 5.95. The van der Waals surface area contributed by atoms with Gasteiger partial charge in [-0.05, 0) is 30.5 Å². The number of benzene rings is 1. The minimum Gasteiger partial charge on any atom is -0.490 e. The molecule has 1 aliphatic carbocycles. The van der Waals surface area contributed by atoms with Crippen molar-refractivity contribution in [1.29, 1.82) is 0 Å². The first-order chi connectivity index (χ1) is 8.90. The first kappa shape index (κ1) is 12.0. The van der Waals surface area contributed by atoms with Crippen LogP contribution in [-0.4, -0.2) is 25.4 Å². The van der Waals surface area contributed by atoms with Gasteiger partial charge in [-0.25, -0.2) is 0 Å². The Kier molecular flexibility index (Phi) is 3.81. The lowest BCUT2D eigenvalue weighted by molar-refractivity contribution is 0.0255. The fraction of sp³-hybridized carbons (Fsp3) is 0.600. The molecule has 98 valence electrons. The van der Waals surface area contributed by atoms with Crippen LogP contribution in [-0.2, 0) is 11.3 Å². The molecular formula is C15H21NO2. The monoisotopic (exact) mass is 247 g/mol. The standard InChI is InChI=1S/C15H21NO2/c1-5-14(18-15-7-9-17-10-8-15)6-2-12(1)11-16-13-3-4-13/h1-2,5-6,13,15-16H,3-4,7-11H2. The minimum atomic E-state index is 0.328. The van der Waals surface area contributed by atoms with E-state index >= 15 is 0 Å². The highest BCUT2D eigenvalue weighted by Gasteiger charge is 2.20. The summed E-state index contributed by atoms with van der Waals surface area (Å²) in [6.07, 6.45) is 5.01. The van der Waals surface area contributed by atoms with Crippen molar-refractivity contribution in [3.05, 3.63) is 29.8 Å². The van der Waals surface area contributed by atoms with Crippen molar-refractivity contribution in [3.63, 3.8) is 0 Å². The lowest BCUT2D eigenvalue weighted by Gasteiger charge is -2.23. The summed E-state index contributed by atoms with van der Waals surface area (Å²) >= 11 is 0. The van der Waals surface area contributed by atoms with E-state index in [0.717, 1.165) is 44.4 Å². The van der Waals surface area contributed by atoms with Crippen LogP contribution in [0.1, 0.15) is 31.2 Å². The molecule has 1 N–H and O–H groups in total. The molecule has 0 amide bonds. The molecule has 18 heavy (non-hydrogen) atoms. The lowest BCUT2D eigenvalue weighted by Crippen LogP contribution is -2.25. The van der Waals surface area contributed by atoms with E-state index in [1.54, 1.807) is 0 Å². The second-order valence-electron chi connectivity index (χ2n) is 5.23. The van der Waals surface area contributed by atoms with Gasteiger partial charge >= 0.3 is 0 Å². The Balaban J connectivity index is 1.49. The fourth-order valence-electron chi connectivity index (χ4n) is 2.22. The number of ether oxygens (including phenoxy) is 2. The number of hydrogen-bond acceptors (Lipinski definition) is 3. The highest BCUT2D eigenvalue weighted by atomic mass is 16.5. The highest BCUT2D eigenvalue weighted by Crippen LogP contribution is 2.21. The van der Waals surface area contributed by atoms with Crippen LogP contribution in [0.4, 0.5) is 0 Å². The number of nitrogens with one attached hydrogen (secondary N) is 1. The van der Waals surface area contributed by atoms with Crippen LogP contribution in [0.5, 0.6) is 5.75 Å². The predicted octanol–water partition coefficient (Wildman–Crippen LogP) is 2.50. The highest BCUT2D eigenvalue weighted by molar-refractivity contribution is 5.27. The number of rotatable bonds is 5. The van der Waals surface area contributed by atoms with Gasteiger partial charge in [0.2, 0.25) is 0 Å². The van der Waals surface area contributed by atoms with Crippen molar-refractivity contribution in [2.75, 3.05) is 13.2 Å². The molecule has 0 spiro atoms. The molecule has 1 heterocycles. The largest absolute Gasteiger partial charge is 0.490 e. The third-order valence-electron chi connectivity index (χ3n) is 3.57. The lowest BCUT2D eigenvalue weighted by atomic mass is 10.1. The van der Waals surface area contributed by atoms with Crippen LogP contribution in [0, 0.1) is 0 Å². The summed E-state index contributed by atoms with van der Waals surface area (Å²) in [5, 5.41) is 3.52. The van der Waals surface area contributed by atoms with Crippen LogP contribution in [0.2, 0.25) is 0 Å². The van der Waals surface area contributed by atoms with Gasteiger partial charge < -0.3 is 14.8 Å². The van der Waals surface area contributed by atoms with E-state index in [2.05, 4.69) is 29.6 Å². The van der Waals surface area contributed by atoms with Crippen molar-refractivity contribution in [2.24, 2.45) is 0 Å². The Bertz CT molecular complexity index is 367. The summed E-state index contributed by atoms with van der Waals surface area (Å²) in [7, 11) is 0. The van der Waals surface area contributed by atoms with Crippen LogP contribution in [0.15, 0.2) is 24.3 Å². The van der Waals surface area contributed by atoms with Gasteiger partial charge in [-0.15, -0.1) is 0 Å². The first-order valence-corrected chi connectivity index (χ1v) is 6.97. The van der Waals surface area contributed by atoms with Crippen molar-refractivity contribution in [1.82, 2.24) is 5.32 Å². The van der Waals surface area contributed by atoms with Crippen molar-refractivity contribution in [2.45, 2.75) is 44.4 Å². The average molecular weight is 247 g/mol. The van der Waals surface area contributed by atoms with Crippen molar-refractivity contribution in [3.8, 4) is 5.75 Å². The maximum Gasteiger partial charge on any atom is 0.119 e. The van der Waals surface area contributed by atoms with Gasteiger partial charge in [0.05, 0.1) is 13.2 Å². The van der Waals surface area contributed by atoms with E-state index in [1.165, 1.54) is 18.4 Å². The van der Waals surface area contributed by atoms with Gasteiger partial charge in [0.15, 0.2) is 0 Å². The Hall–Kier alpha value is -1.06. The van der Waals surface area contributed by atoms with Crippen LogP contribution in [0.3, 0.4) is 0 Å². The molecule has 2 aliphatic rings. The summed E-state index contributed by atoms with van der Waals surface area (Å²) < 4.78 is 11.3. The third kappa shape index (κ3) is 3.47. The summed E-state index contributed by atoms with van der Waals surface area (Å²) in [6, 6.07) is 9.25. The van der Waals surface area contributed by atoms with Crippen LogP contribution >= 0.6 is 0 Å². The van der Waals surface area contributed by atoms with Gasteiger partial charge in [0.25, 0.3) is 0 Å². The molecule has 0 bridgehead atoms. The quantitative estimate of drug-likeness (QED) is 0.867. The summed E-state index contributed by atoms with van der Waals surface area (Å²) in [4.78, 5) is 0. The van der Waals surface area contributed by atoms with E-state index < -0.39 is 0 Å². The molecule has 2 fully saturated rings. The predicted molar refractivity (Wildman–Crippen MR) is 70.8 cm³/mol. The molecule has 0 atom stereocenters. The van der Waals surface area contributed by atoms with Gasteiger partial charge in [0, 0.05) is 25.4 Å². The second kappa shape index (κ2) is 5.72. The zero-order valence-corrected chi connectivity index (χ0v) is 10.7. The second-order valence-corrected chi connectivity index (χ2v) is 5.23. The Morgan fingerprint density at radius 2 is 1.78 bits per heavy atom. The molecule has 0 aromatic heterocycles. The van der Waals surface area contributed by atoms with Gasteiger partial charge in [0.1, 0.15) is 11.9 Å². The third-order valence-corrected chi connectivity index (χ3v) is 3.57. The van der Waals surface area contributed by atoms with Crippen LogP contribution in [0.25, 0.3) is 0 Å². The average Bonchev–Trinajstić information content (AvgIpc) is 3.23. The fourth-order valence-corrected chi connectivity index (χ4v) is 2.22. The molecule has 3 nitrogen and oxygen atoms in total. The summed E-state index contributed by atoms with van der Waals surface area (Å²) in [5.41, 5.74) is 1.33. The smallest absolute Gasteiger partial charge is 0.119 e. The molecular weight excluding hydrogens is 226 g/mol. The Morgan fingerprint density at radius 1 is 1.06 bits per heavy atom. The molecule has 0 radical (unpaired) electrons.